The van der Waals surface area contributed by atoms with Gasteiger partial charge < -0.3 is 10.5 Å². The molecular formula is C24H23BrN6O2. The summed E-state index contributed by atoms with van der Waals surface area (Å²) in [5.41, 5.74) is 9.69. The molecule has 1 saturated heterocycles. The second-order valence-corrected chi connectivity index (χ2v) is 9.00. The second-order valence-electron chi connectivity index (χ2n) is 8.15. The highest BCUT2D eigenvalue weighted by atomic mass is 79.9. The van der Waals surface area contributed by atoms with Crippen LogP contribution in [0, 0.1) is 0 Å². The largest absolute Gasteiger partial charge is 0.410 e. The summed E-state index contributed by atoms with van der Waals surface area (Å²) in [7, 11) is 0. The van der Waals surface area contributed by atoms with E-state index in [1.54, 1.807) is 12.3 Å². The maximum Gasteiger partial charge on any atom is 0.409 e. The van der Waals surface area contributed by atoms with Gasteiger partial charge in [0.2, 0.25) is 0 Å². The van der Waals surface area contributed by atoms with E-state index in [-0.39, 0.29) is 0 Å². The third-order valence-electron chi connectivity index (χ3n) is 5.88. The van der Waals surface area contributed by atoms with Crippen molar-refractivity contribution < 1.29 is 9.53 Å². The van der Waals surface area contributed by atoms with Gasteiger partial charge in [0.25, 0.3) is 0 Å². The number of aromatic nitrogens is 4. The molecule has 0 bridgehead atoms. The van der Waals surface area contributed by atoms with Crippen molar-refractivity contribution in [3.63, 3.8) is 0 Å². The zero-order valence-corrected chi connectivity index (χ0v) is 19.5. The van der Waals surface area contributed by atoms with E-state index in [9.17, 15) is 4.79 Å². The Balaban J connectivity index is 1.23. The molecule has 0 unspecified atom stereocenters. The predicted molar refractivity (Wildman–Crippen MR) is 129 cm³/mol. The molecule has 9 heteroatoms. The SMILES string of the molecule is NC(=O)Oc1cccc(CN2CCC(n3cc(-c4cnc5cccc(Br)c5n4)cn3)CC2)c1. The van der Waals surface area contributed by atoms with Crippen molar-refractivity contribution in [3.05, 3.63) is 71.1 Å². The fourth-order valence-corrected chi connectivity index (χ4v) is 4.68. The van der Waals surface area contributed by atoms with Crippen LogP contribution in [0.15, 0.2) is 65.5 Å². The average Bonchev–Trinajstić information content (AvgIpc) is 3.30. The first kappa shape index (κ1) is 21.5. The molecule has 0 atom stereocenters. The van der Waals surface area contributed by atoms with Crippen LogP contribution in [0.2, 0.25) is 0 Å². The lowest BCUT2D eigenvalue weighted by Crippen LogP contribution is -2.34. The average molecular weight is 507 g/mol. The number of nitrogens with two attached hydrogens (primary N) is 1. The minimum Gasteiger partial charge on any atom is -0.410 e. The molecule has 2 N–H and O–H groups in total. The molecule has 8 nitrogen and oxygen atoms in total. The number of fused-ring (bicyclic) bond motifs is 1. The molecule has 0 spiro atoms. The van der Waals surface area contributed by atoms with Gasteiger partial charge in [0.15, 0.2) is 0 Å². The summed E-state index contributed by atoms with van der Waals surface area (Å²) >= 11 is 3.56. The van der Waals surface area contributed by atoms with Crippen molar-refractivity contribution >= 4 is 33.1 Å². The molecule has 0 aliphatic carbocycles. The lowest BCUT2D eigenvalue weighted by Gasteiger charge is -2.32. The van der Waals surface area contributed by atoms with Gasteiger partial charge in [0.05, 0.1) is 29.6 Å². The smallest absolute Gasteiger partial charge is 0.409 e. The molecule has 2 aromatic heterocycles. The highest BCUT2D eigenvalue weighted by Gasteiger charge is 2.22. The number of nitrogens with zero attached hydrogens (tertiary/aromatic N) is 5. The van der Waals surface area contributed by atoms with Crippen LogP contribution in [0.3, 0.4) is 0 Å². The number of carbonyl (C=O) groups excluding carboxylic acids is 1. The molecule has 1 amide bonds. The number of benzene rings is 2. The number of rotatable bonds is 5. The normalized spacial score (nSPS) is 15.1. The third-order valence-corrected chi connectivity index (χ3v) is 6.52. The van der Waals surface area contributed by atoms with E-state index in [0.717, 1.165) is 64.8 Å². The molecule has 5 rings (SSSR count). The van der Waals surface area contributed by atoms with Crippen molar-refractivity contribution in [1.29, 1.82) is 0 Å². The lowest BCUT2D eigenvalue weighted by atomic mass is 10.0. The third kappa shape index (κ3) is 4.89. The Kier molecular flexibility index (Phi) is 6.06. The summed E-state index contributed by atoms with van der Waals surface area (Å²) in [6.45, 7) is 2.72. The summed E-state index contributed by atoms with van der Waals surface area (Å²) in [5.74, 6) is 0.475. The van der Waals surface area contributed by atoms with Gasteiger partial charge in [0, 0.05) is 35.9 Å². The number of amides is 1. The number of hydrogen-bond acceptors (Lipinski definition) is 6. The van der Waals surface area contributed by atoms with Gasteiger partial charge in [0.1, 0.15) is 11.3 Å². The highest BCUT2D eigenvalue weighted by Crippen LogP contribution is 2.28. The Labute approximate surface area is 199 Å². The first-order valence-corrected chi connectivity index (χ1v) is 11.6. The summed E-state index contributed by atoms with van der Waals surface area (Å²) < 4.78 is 7.97. The van der Waals surface area contributed by atoms with Crippen LogP contribution in [0.5, 0.6) is 5.75 Å². The van der Waals surface area contributed by atoms with Crippen LogP contribution >= 0.6 is 15.9 Å². The molecule has 168 valence electrons. The van der Waals surface area contributed by atoms with Gasteiger partial charge in [-0.15, -0.1) is 0 Å². The maximum absolute atomic E-state index is 11.0. The maximum atomic E-state index is 11.0. The second kappa shape index (κ2) is 9.29. The van der Waals surface area contributed by atoms with Crippen molar-refractivity contribution in [1.82, 2.24) is 24.6 Å². The van der Waals surface area contributed by atoms with Gasteiger partial charge >= 0.3 is 6.09 Å². The zero-order chi connectivity index (χ0) is 22.8. The van der Waals surface area contributed by atoms with Gasteiger partial charge in [-0.2, -0.15) is 5.10 Å². The molecule has 1 fully saturated rings. The molecule has 1 aliphatic rings. The number of ether oxygens (including phenoxy) is 1. The van der Waals surface area contributed by atoms with Gasteiger partial charge in [-0.1, -0.05) is 18.2 Å². The first-order chi connectivity index (χ1) is 16.0. The van der Waals surface area contributed by atoms with E-state index in [2.05, 4.69) is 41.8 Å². The van der Waals surface area contributed by atoms with E-state index < -0.39 is 6.09 Å². The Morgan fingerprint density at radius 2 is 1.97 bits per heavy atom. The summed E-state index contributed by atoms with van der Waals surface area (Å²) in [5, 5.41) is 4.63. The highest BCUT2D eigenvalue weighted by molar-refractivity contribution is 9.10. The number of likely N-dealkylation sites (tertiary alicyclic amines) is 1. The number of halogens is 1. The molecule has 1 aliphatic heterocycles. The lowest BCUT2D eigenvalue weighted by molar-refractivity contribution is 0.173. The van der Waals surface area contributed by atoms with E-state index in [1.165, 1.54) is 0 Å². The fraction of sp³-hybridized carbons (Fsp3) is 0.250. The summed E-state index contributed by atoms with van der Waals surface area (Å²) in [6.07, 6.45) is 6.95. The number of primary amides is 1. The van der Waals surface area contributed by atoms with E-state index >= 15 is 0 Å². The molecule has 3 heterocycles. The minimum absolute atomic E-state index is 0.347. The molecule has 2 aromatic carbocycles. The van der Waals surface area contributed by atoms with Crippen molar-refractivity contribution in [2.24, 2.45) is 5.73 Å². The Bertz CT molecular complexity index is 1300. The molecule has 0 saturated carbocycles. The Hall–Kier alpha value is -3.30. The molecule has 33 heavy (non-hydrogen) atoms. The Morgan fingerprint density at radius 3 is 2.79 bits per heavy atom. The molecule has 0 radical (unpaired) electrons. The van der Waals surface area contributed by atoms with Crippen molar-refractivity contribution in [2.75, 3.05) is 13.1 Å². The minimum atomic E-state index is -0.797. The van der Waals surface area contributed by atoms with Crippen LogP contribution in [-0.4, -0.2) is 43.8 Å². The standard InChI is InChI=1S/C24H23BrN6O2/c25-20-5-2-6-21-23(20)29-22(13-27-21)17-12-28-31(15-17)18-7-9-30(10-8-18)14-16-3-1-4-19(11-16)33-24(26)32/h1-6,11-13,15,18H,7-10,14H2,(H2,26,32). The van der Waals surface area contributed by atoms with E-state index in [1.807, 2.05) is 42.6 Å². The van der Waals surface area contributed by atoms with Crippen molar-refractivity contribution in [2.45, 2.75) is 25.4 Å². The van der Waals surface area contributed by atoms with Gasteiger partial charge in [-0.05, 0) is 58.6 Å². The number of piperidine rings is 1. The zero-order valence-electron chi connectivity index (χ0n) is 17.9. The van der Waals surface area contributed by atoms with Gasteiger partial charge in [-0.25, -0.2) is 9.78 Å². The number of para-hydroxylation sites is 1. The number of carbonyl (C=O) groups is 1. The predicted octanol–water partition coefficient (Wildman–Crippen LogP) is 4.55. The van der Waals surface area contributed by atoms with Gasteiger partial charge in [-0.3, -0.25) is 14.6 Å². The topological polar surface area (TPSA) is 99.2 Å². The van der Waals surface area contributed by atoms with Crippen molar-refractivity contribution in [3.8, 4) is 17.0 Å². The first-order valence-electron chi connectivity index (χ1n) is 10.8. The monoisotopic (exact) mass is 506 g/mol. The number of hydrogen-bond donors (Lipinski definition) is 1. The van der Waals surface area contributed by atoms with Crippen LogP contribution in [0.25, 0.3) is 22.3 Å². The quantitative estimate of drug-likeness (QED) is 0.426. The Morgan fingerprint density at radius 1 is 1.15 bits per heavy atom. The fourth-order valence-electron chi connectivity index (χ4n) is 4.23. The van der Waals surface area contributed by atoms with Crippen LogP contribution < -0.4 is 10.5 Å². The van der Waals surface area contributed by atoms with E-state index in [4.69, 9.17) is 15.5 Å². The van der Waals surface area contributed by atoms with E-state index in [0.29, 0.717) is 11.8 Å². The molecular weight excluding hydrogens is 484 g/mol. The summed E-state index contributed by atoms with van der Waals surface area (Å²) in [4.78, 5) is 22.7. The molecule has 4 aromatic rings. The van der Waals surface area contributed by atoms with Crippen LogP contribution in [-0.2, 0) is 6.54 Å². The van der Waals surface area contributed by atoms with Crippen LogP contribution in [0.1, 0.15) is 24.4 Å². The summed E-state index contributed by atoms with van der Waals surface area (Å²) in [6, 6.07) is 13.7. The van der Waals surface area contributed by atoms with Crippen LogP contribution in [0.4, 0.5) is 4.79 Å².